The zero-order valence-electron chi connectivity index (χ0n) is 40.4. The van der Waals surface area contributed by atoms with E-state index in [1.165, 1.54) is 76.4 Å². The minimum atomic E-state index is -0.928. The van der Waals surface area contributed by atoms with Crippen LogP contribution in [0.15, 0.2) is 67.0 Å². The number of methoxy groups -OCH3 is 1. The molecule has 0 bridgehead atoms. The fraction of sp³-hybridized carbons (Fsp3) is 0.481. The van der Waals surface area contributed by atoms with Gasteiger partial charge < -0.3 is 34.6 Å². The summed E-state index contributed by atoms with van der Waals surface area (Å²) in [6.45, 7) is 13.0. The van der Waals surface area contributed by atoms with Gasteiger partial charge in [-0.1, -0.05) is 74.2 Å². The molecule has 5 aliphatic rings. The van der Waals surface area contributed by atoms with Gasteiger partial charge in [0.1, 0.15) is 11.9 Å². The highest BCUT2D eigenvalue weighted by atomic mass is 35.5. The lowest BCUT2D eigenvalue weighted by Crippen LogP contribution is -2.52. The summed E-state index contributed by atoms with van der Waals surface area (Å²) in [6.07, 6.45) is 11.7. The highest BCUT2D eigenvalue weighted by molar-refractivity contribution is 7.59. The quantitative estimate of drug-likeness (QED) is 0.0672. The van der Waals surface area contributed by atoms with E-state index in [9.17, 15) is 23.6 Å². The maximum Gasteiger partial charge on any atom is 0.318 e. The Bertz CT molecular complexity index is 2540. The van der Waals surface area contributed by atoms with Gasteiger partial charge in [-0.3, -0.25) is 24.5 Å². The Kier molecular flexibility index (Phi) is 19.7. The van der Waals surface area contributed by atoms with Gasteiger partial charge in [0.05, 0.1) is 30.4 Å². The van der Waals surface area contributed by atoms with E-state index in [0.717, 1.165) is 75.7 Å². The maximum absolute atomic E-state index is 13.3. The lowest BCUT2D eigenvalue weighted by molar-refractivity contribution is -0.137. The molecule has 374 valence electrons. The molecule has 3 aromatic carbocycles. The van der Waals surface area contributed by atoms with E-state index in [0.29, 0.717) is 57.3 Å². The zero-order valence-corrected chi connectivity index (χ0v) is 42.2. The number of fused-ring (bicyclic) bond motifs is 3. The molecule has 3 fully saturated rings. The van der Waals surface area contributed by atoms with Crippen molar-refractivity contribution in [2.24, 2.45) is 0 Å². The Balaban J connectivity index is 0.000000215. The van der Waals surface area contributed by atoms with Crippen molar-refractivity contribution in [1.82, 2.24) is 30.0 Å². The van der Waals surface area contributed by atoms with Crippen molar-refractivity contribution < 1.29 is 28.3 Å². The van der Waals surface area contributed by atoms with Crippen LogP contribution in [0.2, 0.25) is 5.02 Å². The number of piperidine rings is 1. The molecule has 0 saturated carbocycles. The van der Waals surface area contributed by atoms with Crippen molar-refractivity contribution in [3.63, 3.8) is 0 Å². The predicted octanol–water partition coefficient (Wildman–Crippen LogP) is 7.92. The van der Waals surface area contributed by atoms with Gasteiger partial charge in [-0.25, -0.2) is 4.39 Å². The Morgan fingerprint density at radius 1 is 0.886 bits per heavy atom. The lowest BCUT2D eigenvalue weighted by atomic mass is 10.0. The van der Waals surface area contributed by atoms with Gasteiger partial charge in [0.2, 0.25) is 11.8 Å². The first kappa shape index (κ1) is 53.4. The topological polar surface area (TPSA) is 167 Å². The second-order valence-electron chi connectivity index (χ2n) is 18.0. The number of likely N-dealkylation sites (tertiary alicyclic amines) is 1. The number of nitriles is 1. The van der Waals surface area contributed by atoms with Crippen molar-refractivity contribution in [1.29, 1.82) is 5.26 Å². The summed E-state index contributed by atoms with van der Waals surface area (Å²) in [5.41, 5.74) is 5.68. The summed E-state index contributed by atoms with van der Waals surface area (Å²) in [6, 6.07) is 19.4. The number of aromatic nitrogens is 2. The van der Waals surface area contributed by atoms with Crippen LogP contribution in [-0.4, -0.2) is 120 Å². The van der Waals surface area contributed by atoms with E-state index in [-0.39, 0.29) is 37.6 Å². The number of unbranched alkanes of at least 4 members (excludes halogenated alkanes) is 5. The van der Waals surface area contributed by atoms with Crippen LogP contribution in [0.1, 0.15) is 98.3 Å². The second-order valence-corrected chi connectivity index (χ2v) is 18.4. The number of carbonyl (C=O) groups excluding carboxylic acids is 4. The van der Waals surface area contributed by atoms with Gasteiger partial charge in [-0.2, -0.15) is 28.7 Å². The van der Waals surface area contributed by atoms with Crippen molar-refractivity contribution in [3.8, 4) is 12.1 Å². The van der Waals surface area contributed by atoms with Crippen LogP contribution in [0.3, 0.4) is 0 Å². The molecule has 2 N–H and O–H groups in total. The van der Waals surface area contributed by atoms with Crippen LogP contribution >= 0.6 is 25.1 Å². The Hall–Kier alpha value is -5.96. The Morgan fingerprint density at radius 3 is 2.27 bits per heavy atom. The van der Waals surface area contributed by atoms with Crippen molar-refractivity contribution in [2.75, 3.05) is 81.1 Å². The fourth-order valence-corrected chi connectivity index (χ4v) is 10.2. The van der Waals surface area contributed by atoms with E-state index >= 15 is 0 Å². The first-order chi connectivity index (χ1) is 33.5. The summed E-state index contributed by atoms with van der Waals surface area (Å²) >= 11 is 6.57. The van der Waals surface area contributed by atoms with E-state index in [4.69, 9.17) is 21.6 Å². The molecule has 1 aromatic heterocycles. The SMILES string of the molecule is C=C(F)C(=O)N1CCN(c2nc(OC)nc3c2CCN(c2cccc4cccc(Cl)c24)C3)CC1.CC#N.O=C1CCC(N2Cc3c(NCCCCCCCCN4CCCC4)cccc3C2=O)C(=O)N1.S. The molecule has 4 amide bonds. The maximum atomic E-state index is 13.3. The first-order valence-corrected chi connectivity index (χ1v) is 24.7. The number of rotatable bonds is 15. The molecule has 5 aliphatic heterocycles. The largest absolute Gasteiger partial charge is 0.467 e. The number of benzene rings is 3. The third kappa shape index (κ3) is 13.1. The minimum absolute atomic E-state index is 0. The van der Waals surface area contributed by atoms with E-state index in [1.54, 1.807) is 18.1 Å². The molecule has 3 saturated heterocycles. The third-order valence-corrected chi connectivity index (χ3v) is 13.8. The highest BCUT2D eigenvalue weighted by Gasteiger charge is 2.40. The molecule has 4 aromatic rings. The molecular weight excluding hydrogens is 931 g/mol. The highest BCUT2D eigenvalue weighted by Crippen LogP contribution is 2.37. The fourth-order valence-electron chi connectivity index (χ4n) is 9.93. The number of hydrogen-bond acceptors (Lipinski definition) is 12. The number of piperazine rings is 1. The third-order valence-electron chi connectivity index (χ3n) is 13.5. The van der Waals surface area contributed by atoms with Gasteiger partial charge in [-0.15, -0.1) is 0 Å². The molecule has 1 unspecified atom stereocenters. The van der Waals surface area contributed by atoms with Crippen LogP contribution in [-0.2, 0) is 33.9 Å². The summed E-state index contributed by atoms with van der Waals surface area (Å²) in [7, 11) is 1.56. The lowest BCUT2D eigenvalue weighted by Gasteiger charge is -2.38. The predicted molar refractivity (Wildman–Crippen MR) is 277 cm³/mol. The first-order valence-electron chi connectivity index (χ1n) is 24.3. The van der Waals surface area contributed by atoms with Crippen LogP contribution < -0.4 is 25.2 Å². The number of nitrogens with zero attached hydrogens (tertiary/aromatic N) is 8. The number of anilines is 3. The van der Waals surface area contributed by atoms with Crippen LogP contribution in [0.4, 0.5) is 21.6 Å². The molecule has 9 rings (SSSR count). The summed E-state index contributed by atoms with van der Waals surface area (Å²) < 4.78 is 18.7. The molecule has 15 nitrogen and oxygen atoms in total. The molecule has 1 atom stereocenters. The van der Waals surface area contributed by atoms with Crippen LogP contribution in [0, 0.1) is 11.3 Å². The van der Waals surface area contributed by atoms with Crippen LogP contribution in [0.25, 0.3) is 10.8 Å². The normalized spacial score (nSPS) is 17.5. The van der Waals surface area contributed by atoms with Crippen LogP contribution in [0.5, 0.6) is 6.01 Å². The number of amides is 4. The number of halogens is 2. The van der Waals surface area contributed by atoms with Gasteiger partial charge in [-0.05, 0) is 87.8 Å². The molecule has 0 spiro atoms. The van der Waals surface area contributed by atoms with Gasteiger partial charge >= 0.3 is 6.01 Å². The molecule has 18 heteroatoms. The Labute approximate surface area is 422 Å². The standard InChI is InChI=1S/C25H25ClFN5O2.C25H36N4O3.C2H3N.H2S/c1-16(27)24(33)31-13-11-30(12-14-31)23-18-9-10-32(15-20(18)28-25(29-23)34-2)21-8-4-6-17-5-3-7-19(26)22(17)21;30-23-13-12-22(24(31)27-23)29-18-20-19(25(29)32)10-9-11-21(20)26-14-5-3-1-2-4-6-15-28-16-7-8-17-28;1-2-3;/h3-8H,1,9-15H2,2H3;9-11,22,26H,1-8,12-18H2,(H,27,30,31);1H3;1H2. The molecular formula is C52H66ClFN10O5S. The minimum Gasteiger partial charge on any atom is -0.467 e. The van der Waals surface area contributed by atoms with Gasteiger partial charge in [0.15, 0.2) is 5.83 Å². The van der Waals surface area contributed by atoms with E-state index < -0.39 is 17.8 Å². The van der Waals surface area contributed by atoms with Gasteiger partial charge in [0.25, 0.3) is 11.8 Å². The number of nitrogens with one attached hydrogen (secondary N) is 2. The monoisotopic (exact) mass is 996 g/mol. The zero-order chi connectivity index (χ0) is 48.9. The average molecular weight is 998 g/mol. The van der Waals surface area contributed by atoms with Gasteiger partial charge in [0, 0.05) is 92.6 Å². The summed E-state index contributed by atoms with van der Waals surface area (Å²) in [5.74, 6) is -1.49. The smallest absolute Gasteiger partial charge is 0.318 e. The molecule has 70 heavy (non-hydrogen) atoms. The van der Waals surface area contributed by atoms with Crippen molar-refractivity contribution in [2.45, 2.75) is 96.7 Å². The molecule has 0 radical (unpaired) electrons. The van der Waals surface area contributed by atoms with Crippen molar-refractivity contribution in [3.05, 3.63) is 94.4 Å². The molecule has 6 heterocycles. The number of carbonyl (C=O) groups is 4. The Morgan fingerprint density at radius 2 is 1.57 bits per heavy atom. The summed E-state index contributed by atoms with van der Waals surface area (Å²) in [4.78, 5) is 67.9. The number of imide groups is 1. The number of hydrogen-bond donors (Lipinski definition) is 2. The summed E-state index contributed by atoms with van der Waals surface area (Å²) in [5, 5.41) is 16.0. The average Bonchev–Trinajstić information content (AvgIpc) is 4.01. The van der Waals surface area contributed by atoms with E-state index in [2.05, 4.69) is 60.1 Å². The molecule has 0 aliphatic carbocycles. The number of ether oxygens (including phenoxy) is 1. The second kappa shape index (κ2) is 25.8. The van der Waals surface area contributed by atoms with E-state index in [1.807, 2.05) is 36.4 Å². The van der Waals surface area contributed by atoms with Crippen molar-refractivity contribution >= 4 is 76.7 Å².